The van der Waals surface area contributed by atoms with Crippen LogP contribution in [0, 0.1) is 5.82 Å². The fourth-order valence-electron chi connectivity index (χ4n) is 4.27. The van der Waals surface area contributed by atoms with Gasteiger partial charge in [0.15, 0.2) is 11.2 Å². The van der Waals surface area contributed by atoms with Crippen LogP contribution in [0.4, 0.5) is 20.6 Å². The minimum atomic E-state index is -0.584. The standard InChI is InChI=1S/C21H22FN7O4/c1-13(30)25-11-15-12-27(21(32)33-15)14-2-3-17(16(22)10-14)26-6-8-28-19-18(23-4-5-24-19)20(31)29(28)9-7-26/h2-5,10,15H,6-9,11-12H2,1H3,(H,25,30)/t15-/m0/s1. The van der Waals surface area contributed by atoms with Crippen LogP contribution in [0.15, 0.2) is 35.4 Å². The number of rotatable bonds is 4. The Kier molecular flexibility index (Phi) is 5.19. The number of hydrogen-bond donors (Lipinski definition) is 1. The van der Waals surface area contributed by atoms with Crippen molar-refractivity contribution in [1.82, 2.24) is 24.6 Å². The Morgan fingerprint density at radius 2 is 1.91 bits per heavy atom. The molecule has 0 radical (unpaired) electrons. The number of cyclic esters (lactones) is 1. The highest BCUT2D eigenvalue weighted by Gasteiger charge is 2.33. The van der Waals surface area contributed by atoms with Crippen molar-refractivity contribution in [3.05, 3.63) is 46.8 Å². The molecule has 2 amide bonds. The molecule has 4 heterocycles. The lowest BCUT2D eigenvalue weighted by molar-refractivity contribution is -0.119. The molecule has 172 valence electrons. The fourth-order valence-corrected chi connectivity index (χ4v) is 4.27. The van der Waals surface area contributed by atoms with Crippen molar-refractivity contribution in [2.45, 2.75) is 26.1 Å². The van der Waals surface area contributed by atoms with E-state index < -0.39 is 18.0 Å². The van der Waals surface area contributed by atoms with Crippen LogP contribution in [0.3, 0.4) is 0 Å². The van der Waals surface area contributed by atoms with Crippen molar-refractivity contribution >= 4 is 34.5 Å². The lowest BCUT2D eigenvalue weighted by Crippen LogP contribution is -2.33. The molecule has 2 aliphatic rings. The van der Waals surface area contributed by atoms with Gasteiger partial charge in [0.2, 0.25) is 5.91 Å². The van der Waals surface area contributed by atoms with E-state index in [1.165, 1.54) is 24.1 Å². The Balaban J connectivity index is 1.33. The van der Waals surface area contributed by atoms with E-state index >= 15 is 4.39 Å². The molecule has 0 aliphatic carbocycles. The number of carbonyl (C=O) groups is 2. The van der Waals surface area contributed by atoms with Gasteiger partial charge in [-0.15, -0.1) is 0 Å². The quantitative estimate of drug-likeness (QED) is 0.616. The molecular formula is C21H22FN7O4. The third-order valence-corrected chi connectivity index (χ3v) is 5.85. The smallest absolute Gasteiger partial charge is 0.414 e. The van der Waals surface area contributed by atoms with Gasteiger partial charge < -0.3 is 15.0 Å². The Labute approximate surface area is 187 Å². The minimum absolute atomic E-state index is 0.200. The highest BCUT2D eigenvalue weighted by molar-refractivity contribution is 5.90. The Morgan fingerprint density at radius 3 is 2.67 bits per heavy atom. The van der Waals surface area contributed by atoms with Crippen LogP contribution in [0.1, 0.15) is 6.92 Å². The van der Waals surface area contributed by atoms with Crippen LogP contribution < -0.4 is 20.7 Å². The zero-order valence-corrected chi connectivity index (χ0v) is 17.9. The first-order valence-corrected chi connectivity index (χ1v) is 10.6. The summed E-state index contributed by atoms with van der Waals surface area (Å²) in [4.78, 5) is 47.6. The van der Waals surface area contributed by atoms with E-state index in [0.29, 0.717) is 48.7 Å². The summed E-state index contributed by atoms with van der Waals surface area (Å²) in [6.07, 6.45) is 1.95. The van der Waals surface area contributed by atoms with Gasteiger partial charge in [0.1, 0.15) is 11.9 Å². The van der Waals surface area contributed by atoms with Gasteiger partial charge in [-0.2, -0.15) is 0 Å². The first-order chi connectivity index (χ1) is 15.9. The van der Waals surface area contributed by atoms with Crippen molar-refractivity contribution in [2.24, 2.45) is 0 Å². The van der Waals surface area contributed by atoms with Crippen LogP contribution in [0.5, 0.6) is 0 Å². The van der Waals surface area contributed by atoms with Crippen LogP contribution in [0.25, 0.3) is 11.2 Å². The van der Waals surface area contributed by atoms with E-state index in [1.54, 1.807) is 27.7 Å². The van der Waals surface area contributed by atoms with Gasteiger partial charge in [0.25, 0.3) is 5.56 Å². The van der Waals surface area contributed by atoms with Crippen molar-refractivity contribution in [3.8, 4) is 0 Å². The second kappa shape index (κ2) is 8.19. The summed E-state index contributed by atoms with van der Waals surface area (Å²) in [6, 6.07) is 4.59. The molecule has 5 rings (SSSR count). The number of nitrogens with zero attached hydrogens (tertiary/aromatic N) is 6. The number of fused-ring (bicyclic) bond motifs is 3. The number of benzene rings is 1. The van der Waals surface area contributed by atoms with Crippen LogP contribution in [-0.2, 0) is 22.6 Å². The van der Waals surface area contributed by atoms with Gasteiger partial charge in [-0.1, -0.05) is 0 Å². The number of nitrogens with one attached hydrogen (secondary N) is 1. The van der Waals surface area contributed by atoms with Crippen molar-refractivity contribution in [2.75, 3.05) is 36.0 Å². The summed E-state index contributed by atoms with van der Waals surface area (Å²) in [5.74, 6) is -0.694. The highest BCUT2D eigenvalue weighted by Crippen LogP contribution is 2.28. The fraction of sp³-hybridized carbons (Fsp3) is 0.381. The summed E-state index contributed by atoms with van der Waals surface area (Å²) in [5, 5.41) is 2.61. The molecule has 3 aromatic rings. The summed E-state index contributed by atoms with van der Waals surface area (Å²) in [6.45, 7) is 3.51. The largest absolute Gasteiger partial charge is 0.442 e. The monoisotopic (exact) mass is 455 g/mol. The first-order valence-electron chi connectivity index (χ1n) is 10.6. The Bertz CT molecular complexity index is 1300. The van der Waals surface area contributed by atoms with Crippen LogP contribution in [0.2, 0.25) is 0 Å². The van der Waals surface area contributed by atoms with Crippen molar-refractivity contribution in [1.29, 1.82) is 0 Å². The van der Waals surface area contributed by atoms with E-state index in [1.807, 2.05) is 4.90 Å². The number of anilines is 2. The normalized spacial score (nSPS) is 18.2. The maximum Gasteiger partial charge on any atom is 0.414 e. The van der Waals surface area contributed by atoms with Gasteiger partial charge in [0.05, 0.1) is 37.6 Å². The molecule has 0 bridgehead atoms. The molecule has 1 saturated heterocycles. The minimum Gasteiger partial charge on any atom is -0.442 e. The van der Waals surface area contributed by atoms with Gasteiger partial charge >= 0.3 is 6.09 Å². The third kappa shape index (κ3) is 3.77. The number of hydrogen-bond acceptors (Lipinski definition) is 7. The third-order valence-electron chi connectivity index (χ3n) is 5.85. The molecular weight excluding hydrogens is 433 g/mol. The van der Waals surface area contributed by atoms with Gasteiger partial charge in [0, 0.05) is 32.4 Å². The van der Waals surface area contributed by atoms with Gasteiger partial charge in [-0.25, -0.2) is 23.8 Å². The van der Waals surface area contributed by atoms with Crippen LogP contribution in [-0.4, -0.2) is 63.6 Å². The predicted molar refractivity (Wildman–Crippen MR) is 117 cm³/mol. The SMILES string of the molecule is CC(=O)NC[C@H]1CN(c2ccc(N3CCn4c(=O)c5nccnc5n4CC3)c(F)c2)C(=O)O1. The lowest BCUT2D eigenvalue weighted by atomic mass is 10.2. The number of amides is 2. The molecule has 0 unspecified atom stereocenters. The highest BCUT2D eigenvalue weighted by atomic mass is 19.1. The van der Waals surface area contributed by atoms with Gasteiger partial charge in [-0.3, -0.25) is 19.2 Å². The molecule has 1 N–H and O–H groups in total. The topological polar surface area (TPSA) is 115 Å². The van der Waals surface area contributed by atoms with E-state index in [9.17, 15) is 14.4 Å². The number of carbonyl (C=O) groups excluding carboxylic acids is 2. The molecule has 33 heavy (non-hydrogen) atoms. The van der Waals surface area contributed by atoms with Crippen molar-refractivity contribution in [3.63, 3.8) is 0 Å². The first kappa shape index (κ1) is 20.9. The zero-order valence-electron chi connectivity index (χ0n) is 17.9. The molecule has 1 atom stereocenters. The lowest BCUT2D eigenvalue weighted by Gasteiger charge is -2.23. The summed E-state index contributed by atoms with van der Waals surface area (Å²) >= 11 is 0. The van der Waals surface area contributed by atoms with E-state index in [0.717, 1.165) is 0 Å². The second-order valence-electron chi connectivity index (χ2n) is 7.96. The number of ether oxygens (including phenoxy) is 1. The maximum absolute atomic E-state index is 15.1. The van der Waals surface area contributed by atoms with Crippen LogP contribution >= 0.6 is 0 Å². The predicted octanol–water partition coefficient (Wildman–Crippen LogP) is 0.714. The average Bonchev–Trinajstić information content (AvgIpc) is 3.20. The molecule has 0 spiro atoms. The molecule has 11 nitrogen and oxygen atoms in total. The van der Waals surface area contributed by atoms with E-state index in [2.05, 4.69) is 15.3 Å². The summed E-state index contributed by atoms with van der Waals surface area (Å²) in [5.41, 5.74) is 1.40. The van der Waals surface area contributed by atoms with Gasteiger partial charge in [-0.05, 0) is 18.2 Å². The summed E-state index contributed by atoms with van der Waals surface area (Å²) in [7, 11) is 0. The number of halogens is 1. The second-order valence-corrected chi connectivity index (χ2v) is 7.96. The van der Waals surface area contributed by atoms with E-state index in [-0.39, 0.29) is 24.6 Å². The summed E-state index contributed by atoms with van der Waals surface area (Å²) < 4.78 is 23.7. The number of aromatic nitrogens is 4. The molecule has 0 saturated carbocycles. The molecule has 1 fully saturated rings. The molecule has 2 aliphatic heterocycles. The average molecular weight is 455 g/mol. The Hall–Kier alpha value is -3.96. The molecule has 1 aromatic carbocycles. The molecule has 2 aromatic heterocycles. The Morgan fingerprint density at radius 1 is 1.15 bits per heavy atom. The zero-order chi connectivity index (χ0) is 23.1. The molecule has 12 heteroatoms. The maximum atomic E-state index is 15.1. The van der Waals surface area contributed by atoms with E-state index in [4.69, 9.17) is 4.74 Å². The van der Waals surface area contributed by atoms with Crippen molar-refractivity contribution < 1.29 is 18.7 Å².